The van der Waals surface area contributed by atoms with E-state index in [1.54, 1.807) is 0 Å². The van der Waals surface area contributed by atoms with Crippen molar-refractivity contribution >= 4 is 5.82 Å². The topological polar surface area (TPSA) is 73.1 Å². The van der Waals surface area contributed by atoms with Crippen LogP contribution < -0.4 is 11.3 Å². The van der Waals surface area contributed by atoms with Crippen LogP contribution in [0.2, 0.25) is 0 Å². The summed E-state index contributed by atoms with van der Waals surface area (Å²) < 4.78 is 5.60. The van der Waals surface area contributed by atoms with Crippen molar-refractivity contribution in [3.63, 3.8) is 0 Å². The average Bonchev–Trinajstić information content (AvgIpc) is 2.82. The highest BCUT2D eigenvalue weighted by Gasteiger charge is 2.17. The number of nitrogens with two attached hydrogens (primary N) is 1. The average molecular weight is 236 g/mol. The van der Waals surface area contributed by atoms with Gasteiger partial charge in [0.25, 0.3) is 0 Å². The number of hydrazine groups is 1. The normalized spacial score (nSPS) is 19.5. The maximum absolute atomic E-state index is 5.60. The standard InChI is InChI=1S/C12H20N4O/c1-2-4-9-7-12(16-13)15-11(14-9)8-10-5-3-6-17-10/h7,10H,2-6,8,13H2,1H3,(H,14,15,16). The maximum atomic E-state index is 5.60. The summed E-state index contributed by atoms with van der Waals surface area (Å²) in [5.41, 5.74) is 3.64. The summed E-state index contributed by atoms with van der Waals surface area (Å²) >= 11 is 0. The summed E-state index contributed by atoms with van der Waals surface area (Å²) in [6, 6.07) is 1.91. The van der Waals surface area contributed by atoms with E-state index in [-0.39, 0.29) is 6.10 Å². The Morgan fingerprint density at radius 1 is 1.53 bits per heavy atom. The number of nitrogen functional groups attached to an aromatic ring is 1. The molecule has 0 amide bonds. The predicted octanol–water partition coefficient (Wildman–Crippen LogP) is 1.44. The lowest BCUT2D eigenvalue weighted by molar-refractivity contribution is 0.110. The Morgan fingerprint density at radius 3 is 3.06 bits per heavy atom. The zero-order chi connectivity index (χ0) is 12.1. The summed E-state index contributed by atoms with van der Waals surface area (Å²) in [6.07, 6.45) is 5.33. The highest BCUT2D eigenvalue weighted by molar-refractivity contribution is 5.34. The van der Waals surface area contributed by atoms with E-state index in [4.69, 9.17) is 10.6 Å². The monoisotopic (exact) mass is 236 g/mol. The van der Waals surface area contributed by atoms with Crippen molar-refractivity contribution in [2.45, 2.75) is 45.1 Å². The van der Waals surface area contributed by atoms with Crippen molar-refractivity contribution in [3.8, 4) is 0 Å². The van der Waals surface area contributed by atoms with Gasteiger partial charge in [0, 0.05) is 24.8 Å². The van der Waals surface area contributed by atoms with Crippen LogP contribution in [-0.2, 0) is 17.6 Å². The molecule has 1 aliphatic heterocycles. The highest BCUT2D eigenvalue weighted by atomic mass is 16.5. The Kier molecular flexibility index (Phi) is 4.28. The van der Waals surface area contributed by atoms with Crippen molar-refractivity contribution in [1.29, 1.82) is 0 Å². The van der Waals surface area contributed by atoms with Gasteiger partial charge < -0.3 is 10.2 Å². The minimum atomic E-state index is 0.275. The van der Waals surface area contributed by atoms with Crippen LogP contribution in [0.3, 0.4) is 0 Å². The molecule has 1 aromatic rings. The first-order valence-electron chi connectivity index (χ1n) is 6.27. The van der Waals surface area contributed by atoms with E-state index < -0.39 is 0 Å². The molecule has 1 fully saturated rings. The summed E-state index contributed by atoms with van der Waals surface area (Å²) in [6.45, 7) is 3.00. The van der Waals surface area contributed by atoms with Gasteiger partial charge >= 0.3 is 0 Å². The van der Waals surface area contributed by atoms with Gasteiger partial charge in [-0.3, -0.25) is 0 Å². The lowest BCUT2D eigenvalue weighted by Gasteiger charge is -2.10. The molecule has 1 saturated heterocycles. The van der Waals surface area contributed by atoms with Crippen molar-refractivity contribution in [3.05, 3.63) is 17.6 Å². The largest absolute Gasteiger partial charge is 0.378 e. The number of nitrogens with zero attached hydrogens (tertiary/aromatic N) is 2. The molecule has 0 spiro atoms. The number of hydrogen-bond acceptors (Lipinski definition) is 5. The van der Waals surface area contributed by atoms with Crippen molar-refractivity contribution < 1.29 is 4.74 Å². The van der Waals surface area contributed by atoms with Crippen molar-refractivity contribution in [2.24, 2.45) is 5.84 Å². The van der Waals surface area contributed by atoms with Gasteiger partial charge in [-0.1, -0.05) is 13.3 Å². The first kappa shape index (κ1) is 12.3. The molecule has 2 rings (SSSR count). The Labute approximate surface area is 102 Å². The Morgan fingerprint density at radius 2 is 2.41 bits per heavy atom. The second-order valence-electron chi connectivity index (χ2n) is 4.39. The molecule has 5 heteroatoms. The van der Waals surface area contributed by atoms with E-state index in [0.29, 0.717) is 5.82 Å². The first-order chi connectivity index (χ1) is 8.31. The molecular weight excluding hydrogens is 216 g/mol. The van der Waals surface area contributed by atoms with Crippen LogP contribution in [0.15, 0.2) is 6.07 Å². The van der Waals surface area contributed by atoms with E-state index in [1.807, 2.05) is 6.07 Å². The molecule has 1 atom stereocenters. The van der Waals surface area contributed by atoms with Gasteiger partial charge in [0.2, 0.25) is 0 Å². The van der Waals surface area contributed by atoms with E-state index in [2.05, 4.69) is 22.3 Å². The fourth-order valence-corrected chi connectivity index (χ4v) is 2.11. The first-order valence-corrected chi connectivity index (χ1v) is 6.27. The zero-order valence-corrected chi connectivity index (χ0v) is 10.3. The third-order valence-electron chi connectivity index (χ3n) is 2.91. The Hall–Kier alpha value is -1.20. The zero-order valence-electron chi connectivity index (χ0n) is 10.3. The third-order valence-corrected chi connectivity index (χ3v) is 2.91. The van der Waals surface area contributed by atoms with Crippen LogP contribution in [0.25, 0.3) is 0 Å². The fraction of sp³-hybridized carbons (Fsp3) is 0.667. The molecular formula is C12H20N4O. The van der Waals surface area contributed by atoms with E-state index >= 15 is 0 Å². The van der Waals surface area contributed by atoms with Gasteiger partial charge in [-0.15, -0.1) is 0 Å². The van der Waals surface area contributed by atoms with Gasteiger partial charge in [0.15, 0.2) is 0 Å². The molecule has 0 radical (unpaired) electrons. The van der Waals surface area contributed by atoms with E-state index in [9.17, 15) is 0 Å². The number of rotatable bonds is 5. The molecule has 94 valence electrons. The smallest absolute Gasteiger partial charge is 0.143 e. The molecule has 17 heavy (non-hydrogen) atoms. The van der Waals surface area contributed by atoms with Crippen LogP contribution in [-0.4, -0.2) is 22.7 Å². The summed E-state index contributed by atoms with van der Waals surface area (Å²) in [5.74, 6) is 6.94. The second kappa shape index (κ2) is 5.93. The molecule has 1 unspecified atom stereocenters. The molecule has 0 saturated carbocycles. The molecule has 1 aliphatic rings. The molecule has 3 N–H and O–H groups in total. The van der Waals surface area contributed by atoms with E-state index in [1.165, 1.54) is 0 Å². The Balaban J connectivity index is 2.10. The number of anilines is 1. The number of aryl methyl sites for hydroxylation is 1. The summed E-state index contributed by atoms with van der Waals surface area (Å²) in [7, 11) is 0. The number of aromatic nitrogens is 2. The third kappa shape index (κ3) is 3.38. The maximum Gasteiger partial charge on any atom is 0.143 e. The van der Waals surface area contributed by atoms with E-state index in [0.717, 1.165) is 50.2 Å². The SMILES string of the molecule is CCCc1cc(NN)nc(CC2CCCO2)n1. The summed E-state index contributed by atoms with van der Waals surface area (Å²) in [4.78, 5) is 8.92. The molecule has 0 bridgehead atoms. The summed E-state index contributed by atoms with van der Waals surface area (Å²) in [5, 5.41) is 0. The Bertz CT molecular complexity index is 364. The van der Waals surface area contributed by atoms with Gasteiger partial charge in [-0.25, -0.2) is 15.8 Å². The fourth-order valence-electron chi connectivity index (χ4n) is 2.11. The number of ether oxygens (including phenoxy) is 1. The highest BCUT2D eigenvalue weighted by Crippen LogP contribution is 2.17. The predicted molar refractivity (Wildman–Crippen MR) is 66.5 cm³/mol. The number of nitrogens with one attached hydrogen (secondary N) is 1. The van der Waals surface area contributed by atoms with Crippen LogP contribution >= 0.6 is 0 Å². The molecule has 1 aromatic heterocycles. The minimum absolute atomic E-state index is 0.275. The molecule has 0 aliphatic carbocycles. The van der Waals surface area contributed by atoms with Gasteiger partial charge in [-0.2, -0.15) is 0 Å². The van der Waals surface area contributed by atoms with Crippen LogP contribution in [0.1, 0.15) is 37.7 Å². The number of hydrogen-bond donors (Lipinski definition) is 2. The molecule has 2 heterocycles. The van der Waals surface area contributed by atoms with Crippen molar-refractivity contribution in [2.75, 3.05) is 12.0 Å². The lowest BCUT2D eigenvalue weighted by Crippen LogP contribution is -2.16. The molecule has 0 aromatic carbocycles. The second-order valence-corrected chi connectivity index (χ2v) is 4.39. The van der Waals surface area contributed by atoms with Gasteiger partial charge in [0.1, 0.15) is 11.6 Å². The molecule has 5 nitrogen and oxygen atoms in total. The van der Waals surface area contributed by atoms with Gasteiger partial charge in [0.05, 0.1) is 6.10 Å². The minimum Gasteiger partial charge on any atom is -0.378 e. The lowest BCUT2D eigenvalue weighted by atomic mass is 10.1. The quantitative estimate of drug-likeness (QED) is 0.597. The van der Waals surface area contributed by atoms with Crippen LogP contribution in [0.4, 0.5) is 5.82 Å². The van der Waals surface area contributed by atoms with Crippen molar-refractivity contribution in [1.82, 2.24) is 9.97 Å². The van der Waals surface area contributed by atoms with Crippen LogP contribution in [0.5, 0.6) is 0 Å². The van der Waals surface area contributed by atoms with Crippen LogP contribution in [0, 0.1) is 0 Å². The van der Waals surface area contributed by atoms with Gasteiger partial charge in [-0.05, 0) is 19.3 Å².